The summed E-state index contributed by atoms with van der Waals surface area (Å²) in [5.41, 5.74) is -0.906. The third-order valence-corrected chi connectivity index (χ3v) is 7.65. The summed E-state index contributed by atoms with van der Waals surface area (Å²) in [5, 5.41) is 23.7. The first-order valence-electron chi connectivity index (χ1n) is 15.6. The summed E-state index contributed by atoms with van der Waals surface area (Å²) in [4.78, 5) is 42.1. The molecule has 0 spiro atoms. The SMILES string of the molecule is CCCCCCCCCCCCCC(=O)N(O)CCCCC(NC(=O)C1(C)COC(c2ccccc2O)=N1)C(=O)OC. The van der Waals surface area contributed by atoms with Crippen LogP contribution in [0, 0.1) is 0 Å². The van der Waals surface area contributed by atoms with Crippen molar-refractivity contribution >= 4 is 23.7 Å². The Morgan fingerprint density at radius 2 is 1.62 bits per heavy atom. The molecule has 2 unspecified atom stereocenters. The Kier molecular flexibility index (Phi) is 16.0. The third kappa shape index (κ3) is 12.0. The summed E-state index contributed by atoms with van der Waals surface area (Å²) in [6.45, 7) is 3.93. The Morgan fingerprint density at radius 1 is 1.00 bits per heavy atom. The largest absolute Gasteiger partial charge is 0.507 e. The Bertz CT molecular complexity index is 1020. The Labute approximate surface area is 250 Å². The minimum atomic E-state index is -1.29. The number of hydrogen-bond acceptors (Lipinski definition) is 8. The van der Waals surface area contributed by atoms with Gasteiger partial charge in [0.2, 0.25) is 11.8 Å². The zero-order valence-corrected chi connectivity index (χ0v) is 25.7. The van der Waals surface area contributed by atoms with E-state index < -0.39 is 23.5 Å². The first kappa shape index (κ1) is 35.1. The van der Waals surface area contributed by atoms with Gasteiger partial charge in [-0.2, -0.15) is 0 Å². The van der Waals surface area contributed by atoms with Gasteiger partial charge in [0.25, 0.3) is 5.91 Å². The number of benzene rings is 1. The maximum Gasteiger partial charge on any atom is 0.328 e. The maximum atomic E-state index is 13.1. The van der Waals surface area contributed by atoms with Gasteiger partial charge in [0.05, 0.1) is 12.7 Å². The number of para-hydroxylation sites is 1. The van der Waals surface area contributed by atoms with E-state index in [1.54, 1.807) is 25.1 Å². The molecule has 42 heavy (non-hydrogen) atoms. The number of hydroxylamine groups is 2. The minimum absolute atomic E-state index is 0.0106. The standard InChI is InChI=1S/C32H51N3O7/c1-4-5-6-7-8-9-10-11-12-13-14-22-28(37)35(40)23-18-17-20-26(30(38)41-3)33-31(39)32(2)24-42-29(34-32)25-19-15-16-21-27(25)36/h15-16,19,21,26,36,40H,4-14,17-18,20,22-24H2,1-3H3,(H,33,39). The minimum Gasteiger partial charge on any atom is -0.507 e. The highest BCUT2D eigenvalue weighted by Gasteiger charge is 2.41. The molecule has 0 radical (unpaired) electrons. The molecule has 10 heteroatoms. The highest BCUT2D eigenvalue weighted by atomic mass is 16.5. The second-order valence-electron chi connectivity index (χ2n) is 11.3. The number of nitrogens with zero attached hydrogens (tertiary/aromatic N) is 2. The van der Waals surface area contributed by atoms with E-state index in [0.29, 0.717) is 24.8 Å². The monoisotopic (exact) mass is 589 g/mol. The van der Waals surface area contributed by atoms with Crippen LogP contribution in [-0.2, 0) is 23.9 Å². The molecular weight excluding hydrogens is 538 g/mol. The van der Waals surface area contributed by atoms with E-state index >= 15 is 0 Å². The van der Waals surface area contributed by atoms with E-state index in [-0.39, 0.29) is 37.1 Å². The smallest absolute Gasteiger partial charge is 0.328 e. The fraction of sp³-hybridized carbons (Fsp3) is 0.688. The van der Waals surface area contributed by atoms with Crippen LogP contribution in [0.5, 0.6) is 5.75 Å². The number of esters is 1. The number of phenols is 1. The number of hydrogen-bond donors (Lipinski definition) is 3. The van der Waals surface area contributed by atoms with Crippen molar-refractivity contribution < 1.29 is 34.2 Å². The number of carbonyl (C=O) groups is 3. The fourth-order valence-electron chi connectivity index (χ4n) is 4.92. The molecular formula is C32H51N3O7. The average molecular weight is 590 g/mol. The van der Waals surface area contributed by atoms with Gasteiger partial charge in [-0.3, -0.25) is 14.8 Å². The molecule has 0 aromatic heterocycles. The molecule has 2 rings (SSSR count). The van der Waals surface area contributed by atoms with Crippen LogP contribution in [0.2, 0.25) is 0 Å². The van der Waals surface area contributed by atoms with Crippen LogP contribution in [0.1, 0.15) is 116 Å². The molecule has 1 aromatic rings. The van der Waals surface area contributed by atoms with Gasteiger partial charge in [-0.1, -0.05) is 83.3 Å². The van der Waals surface area contributed by atoms with Gasteiger partial charge in [-0.15, -0.1) is 0 Å². The molecule has 0 saturated heterocycles. The van der Waals surface area contributed by atoms with Crippen molar-refractivity contribution in [2.45, 2.75) is 122 Å². The van der Waals surface area contributed by atoms with E-state index in [9.17, 15) is 24.7 Å². The van der Waals surface area contributed by atoms with E-state index in [1.807, 2.05) is 0 Å². The summed E-state index contributed by atoms with van der Waals surface area (Å²) in [6, 6.07) is 5.63. The van der Waals surface area contributed by atoms with Crippen LogP contribution in [-0.4, -0.2) is 70.9 Å². The number of ether oxygens (including phenoxy) is 2. The van der Waals surface area contributed by atoms with Gasteiger partial charge in [0.1, 0.15) is 18.4 Å². The Balaban J connectivity index is 1.67. The number of nitrogens with one attached hydrogen (secondary N) is 1. The van der Waals surface area contributed by atoms with E-state index in [4.69, 9.17) is 9.47 Å². The predicted molar refractivity (Wildman–Crippen MR) is 161 cm³/mol. The number of rotatable bonds is 21. The molecule has 2 amide bonds. The Hall–Kier alpha value is -3.14. The van der Waals surface area contributed by atoms with Crippen molar-refractivity contribution in [1.29, 1.82) is 0 Å². The summed E-state index contributed by atoms with van der Waals surface area (Å²) >= 11 is 0. The van der Waals surface area contributed by atoms with Crippen molar-refractivity contribution in [1.82, 2.24) is 10.4 Å². The lowest BCUT2D eigenvalue weighted by Gasteiger charge is -2.22. The fourth-order valence-corrected chi connectivity index (χ4v) is 4.92. The molecule has 3 N–H and O–H groups in total. The summed E-state index contributed by atoms with van der Waals surface area (Å²) in [6.07, 6.45) is 14.7. The number of aromatic hydroxyl groups is 1. The van der Waals surface area contributed by atoms with Crippen LogP contribution >= 0.6 is 0 Å². The van der Waals surface area contributed by atoms with Crippen LogP contribution in [0.15, 0.2) is 29.3 Å². The van der Waals surface area contributed by atoms with Crippen molar-refractivity contribution in [3.05, 3.63) is 29.8 Å². The van der Waals surface area contributed by atoms with Crippen LogP contribution in [0.4, 0.5) is 0 Å². The molecule has 2 atom stereocenters. The van der Waals surface area contributed by atoms with E-state index in [2.05, 4.69) is 17.2 Å². The topological polar surface area (TPSA) is 138 Å². The predicted octanol–water partition coefficient (Wildman–Crippen LogP) is 5.67. The normalized spacial score (nSPS) is 16.8. The highest BCUT2D eigenvalue weighted by molar-refractivity contribution is 6.02. The molecule has 0 saturated carbocycles. The van der Waals surface area contributed by atoms with Crippen molar-refractivity contribution in [3.8, 4) is 5.75 Å². The van der Waals surface area contributed by atoms with Gasteiger partial charge in [-0.05, 0) is 44.7 Å². The zero-order valence-electron chi connectivity index (χ0n) is 25.7. The number of amides is 2. The van der Waals surface area contributed by atoms with Gasteiger partial charge < -0.3 is 19.9 Å². The van der Waals surface area contributed by atoms with E-state index in [1.165, 1.54) is 64.5 Å². The average Bonchev–Trinajstić information content (AvgIpc) is 3.39. The molecule has 1 aliphatic heterocycles. The molecule has 10 nitrogen and oxygen atoms in total. The third-order valence-electron chi connectivity index (χ3n) is 7.65. The van der Waals surface area contributed by atoms with E-state index in [0.717, 1.165) is 24.3 Å². The Morgan fingerprint density at radius 3 is 2.24 bits per heavy atom. The van der Waals surface area contributed by atoms with Crippen LogP contribution < -0.4 is 5.32 Å². The molecule has 236 valence electrons. The lowest BCUT2D eigenvalue weighted by Crippen LogP contribution is -2.51. The number of carbonyl (C=O) groups excluding carboxylic acids is 3. The number of aliphatic imine (C=N–C) groups is 1. The summed E-state index contributed by atoms with van der Waals surface area (Å²) in [7, 11) is 1.25. The lowest BCUT2D eigenvalue weighted by atomic mass is 10.0. The zero-order chi connectivity index (χ0) is 30.8. The summed E-state index contributed by atoms with van der Waals surface area (Å²) in [5.74, 6) is -1.25. The maximum absolute atomic E-state index is 13.1. The van der Waals surface area contributed by atoms with Gasteiger partial charge >= 0.3 is 5.97 Å². The molecule has 0 aliphatic carbocycles. The molecule has 1 heterocycles. The lowest BCUT2D eigenvalue weighted by molar-refractivity contribution is -0.165. The van der Waals surface area contributed by atoms with Crippen molar-refractivity contribution in [2.75, 3.05) is 20.3 Å². The molecule has 1 aromatic carbocycles. The molecule has 0 bridgehead atoms. The first-order chi connectivity index (χ1) is 20.2. The van der Waals surface area contributed by atoms with Gasteiger partial charge in [0.15, 0.2) is 5.54 Å². The van der Waals surface area contributed by atoms with Crippen LogP contribution in [0.3, 0.4) is 0 Å². The second-order valence-corrected chi connectivity index (χ2v) is 11.3. The van der Waals surface area contributed by atoms with Crippen LogP contribution in [0.25, 0.3) is 0 Å². The second kappa shape index (κ2) is 19.1. The number of unbranched alkanes of at least 4 members (excludes halogenated alkanes) is 11. The van der Waals surface area contributed by atoms with Gasteiger partial charge in [-0.25, -0.2) is 14.9 Å². The highest BCUT2D eigenvalue weighted by Crippen LogP contribution is 2.26. The number of methoxy groups -OCH3 is 1. The summed E-state index contributed by atoms with van der Waals surface area (Å²) < 4.78 is 10.5. The van der Waals surface area contributed by atoms with Crippen molar-refractivity contribution in [2.24, 2.45) is 4.99 Å². The van der Waals surface area contributed by atoms with Crippen molar-refractivity contribution in [3.63, 3.8) is 0 Å². The molecule has 0 fully saturated rings. The first-order valence-corrected chi connectivity index (χ1v) is 15.6. The number of phenolic OH excluding ortho intramolecular Hbond substituents is 1. The molecule has 1 aliphatic rings. The van der Waals surface area contributed by atoms with Gasteiger partial charge in [0, 0.05) is 13.0 Å². The quantitative estimate of drug-likeness (QED) is 0.0726.